The lowest BCUT2D eigenvalue weighted by Gasteiger charge is -2.15. The number of nitriles is 1. The smallest absolute Gasteiger partial charge is 0.123 e. The van der Waals surface area contributed by atoms with Crippen molar-refractivity contribution in [3.05, 3.63) is 64.5 Å². The van der Waals surface area contributed by atoms with Crippen LogP contribution in [0.15, 0.2) is 36.4 Å². The normalized spacial score (nSPS) is 11.4. The number of aryl methyl sites for hydroxylation is 1. The van der Waals surface area contributed by atoms with Gasteiger partial charge >= 0.3 is 0 Å². The maximum Gasteiger partial charge on any atom is 0.123 e. The van der Waals surface area contributed by atoms with E-state index < -0.39 is 0 Å². The van der Waals surface area contributed by atoms with Crippen molar-refractivity contribution in [2.45, 2.75) is 26.7 Å². The molecule has 0 aliphatic carbocycles. The first-order valence-corrected chi connectivity index (χ1v) is 7.52. The molecular weight excluding hydrogens is 289 g/mol. The Hall–Kier alpha value is -2.60. The summed E-state index contributed by atoms with van der Waals surface area (Å²) in [6, 6.07) is 12.3. The lowest BCUT2D eigenvalue weighted by atomic mass is 9.94. The Morgan fingerprint density at radius 2 is 2.00 bits per heavy atom. The topological polar surface area (TPSA) is 33.0 Å². The maximum atomic E-state index is 13.4. The zero-order chi connectivity index (χ0) is 17.0. The van der Waals surface area contributed by atoms with Crippen LogP contribution in [0.4, 0.5) is 4.39 Å². The molecule has 0 amide bonds. The number of methoxy groups -OCH3 is 1. The fraction of sp³-hybridized carbons (Fsp3) is 0.250. The third-order valence-electron chi connectivity index (χ3n) is 3.80. The summed E-state index contributed by atoms with van der Waals surface area (Å²) >= 11 is 0. The Morgan fingerprint density at radius 1 is 1.26 bits per heavy atom. The molecule has 3 heteroatoms. The van der Waals surface area contributed by atoms with E-state index >= 15 is 0 Å². The molecule has 0 N–H and O–H groups in total. The van der Waals surface area contributed by atoms with Crippen molar-refractivity contribution in [3.8, 4) is 11.8 Å². The number of rotatable bonds is 4. The van der Waals surface area contributed by atoms with Gasteiger partial charge in [-0.2, -0.15) is 5.26 Å². The lowest BCUT2D eigenvalue weighted by Crippen LogP contribution is -1.97. The van der Waals surface area contributed by atoms with E-state index in [0.717, 1.165) is 22.4 Å². The number of benzene rings is 2. The largest absolute Gasteiger partial charge is 0.496 e. The summed E-state index contributed by atoms with van der Waals surface area (Å²) in [6.45, 7) is 6.16. The molecule has 0 spiro atoms. The Labute approximate surface area is 136 Å². The van der Waals surface area contributed by atoms with Gasteiger partial charge < -0.3 is 4.74 Å². The van der Waals surface area contributed by atoms with E-state index in [-0.39, 0.29) is 5.82 Å². The second-order valence-electron chi connectivity index (χ2n) is 5.79. The molecule has 0 saturated heterocycles. The van der Waals surface area contributed by atoms with Gasteiger partial charge in [0.15, 0.2) is 0 Å². The van der Waals surface area contributed by atoms with Crippen molar-refractivity contribution < 1.29 is 9.13 Å². The van der Waals surface area contributed by atoms with Crippen LogP contribution in [0, 0.1) is 24.1 Å². The van der Waals surface area contributed by atoms with Crippen LogP contribution in [0.25, 0.3) is 11.6 Å². The van der Waals surface area contributed by atoms with E-state index in [1.165, 1.54) is 12.1 Å². The van der Waals surface area contributed by atoms with E-state index in [1.807, 2.05) is 19.1 Å². The van der Waals surface area contributed by atoms with Crippen LogP contribution in [0.3, 0.4) is 0 Å². The Morgan fingerprint density at radius 3 is 2.57 bits per heavy atom. The lowest BCUT2D eigenvalue weighted by molar-refractivity contribution is 0.407. The molecule has 2 aromatic rings. The van der Waals surface area contributed by atoms with Gasteiger partial charge in [-0.05, 0) is 65.4 Å². The van der Waals surface area contributed by atoms with Crippen molar-refractivity contribution in [1.29, 1.82) is 5.26 Å². The number of halogens is 1. The van der Waals surface area contributed by atoms with Gasteiger partial charge in [0.05, 0.1) is 18.8 Å². The number of hydrogen-bond acceptors (Lipinski definition) is 2. The molecule has 0 aromatic heterocycles. The first-order valence-electron chi connectivity index (χ1n) is 7.52. The van der Waals surface area contributed by atoms with E-state index in [1.54, 1.807) is 25.3 Å². The molecule has 0 aliphatic rings. The van der Waals surface area contributed by atoms with E-state index in [2.05, 4.69) is 19.9 Å². The minimum atomic E-state index is -0.349. The van der Waals surface area contributed by atoms with Crippen LogP contribution < -0.4 is 4.74 Å². The molecular formula is C20H20FNO. The molecule has 23 heavy (non-hydrogen) atoms. The first kappa shape index (κ1) is 16.8. The SMILES string of the molecule is COc1cc(C)c(/C=C(\C#N)c2cccc(F)c2)cc1C(C)C. The molecule has 0 fully saturated rings. The predicted molar refractivity (Wildman–Crippen MR) is 91.7 cm³/mol. The van der Waals surface area contributed by atoms with Crippen molar-refractivity contribution >= 4 is 11.6 Å². The molecule has 0 unspecified atom stereocenters. The second-order valence-corrected chi connectivity index (χ2v) is 5.79. The number of hydrogen-bond donors (Lipinski definition) is 0. The molecule has 0 heterocycles. The van der Waals surface area contributed by atoms with E-state index in [9.17, 15) is 9.65 Å². The highest BCUT2D eigenvalue weighted by Gasteiger charge is 2.11. The minimum absolute atomic E-state index is 0.303. The summed E-state index contributed by atoms with van der Waals surface area (Å²) in [7, 11) is 1.66. The Balaban J connectivity index is 2.56. The van der Waals surface area contributed by atoms with Crippen molar-refractivity contribution in [2.75, 3.05) is 7.11 Å². The minimum Gasteiger partial charge on any atom is -0.496 e. The van der Waals surface area contributed by atoms with Gasteiger partial charge in [-0.1, -0.05) is 26.0 Å². The average molecular weight is 309 g/mol. The van der Waals surface area contributed by atoms with Crippen molar-refractivity contribution in [3.63, 3.8) is 0 Å². The highest BCUT2D eigenvalue weighted by Crippen LogP contribution is 2.31. The third kappa shape index (κ3) is 3.78. The average Bonchev–Trinajstić information content (AvgIpc) is 2.53. The van der Waals surface area contributed by atoms with Gasteiger partial charge in [0.2, 0.25) is 0 Å². The fourth-order valence-corrected chi connectivity index (χ4v) is 2.49. The van der Waals surface area contributed by atoms with Crippen LogP contribution in [0.2, 0.25) is 0 Å². The summed E-state index contributed by atoms with van der Waals surface area (Å²) in [5.74, 6) is 0.800. The van der Waals surface area contributed by atoms with Crippen LogP contribution in [0.1, 0.15) is 42.0 Å². The summed E-state index contributed by atoms with van der Waals surface area (Å²) in [5.41, 5.74) is 4.05. The third-order valence-corrected chi connectivity index (χ3v) is 3.80. The van der Waals surface area contributed by atoms with Crippen LogP contribution in [0.5, 0.6) is 5.75 Å². The van der Waals surface area contributed by atoms with Crippen LogP contribution >= 0.6 is 0 Å². The maximum absolute atomic E-state index is 13.4. The predicted octanol–water partition coefficient (Wildman–Crippen LogP) is 5.33. The van der Waals surface area contributed by atoms with Crippen LogP contribution in [-0.2, 0) is 0 Å². The second kappa shape index (κ2) is 7.11. The van der Waals surface area contributed by atoms with Gasteiger partial charge in [-0.25, -0.2) is 4.39 Å². The first-order chi connectivity index (χ1) is 11.0. The molecule has 2 rings (SSSR count). The zero-order valence-corrected chi connectivity index (χ0v) is 13.9. The van der Waals surface area contributed by atoms with Gasteiger partial charge in [0.1, 0.15) is 11.6 Å². The van der Waals surface area contributed by atoms with Gasteiger partial charge in [-0.3, -0.25) is 0 Å². The molecule has 0 radical (unpaired) electrons. The molecule has 118 valence electrons. The summed E-state index contributed by atoms with van der Waals surface area (Å²) in [4.78, 5) is 0. The van der Waals surface area contributed by atoms with Crippen molar-refractivity contribution in [1.82, 2.24) is 0 Å². The highest BCUT2D eigenvalue weighted by molar-refractivity contribution is 5.90. The Bertz CT molecular complexity index is 785. The van der Waals surface area contributed by atoms with Gasteiger partial charge in [0.25, 0.3) is 0 Å². The van der Waals surface area contributed by atoms with Crippen LogP contribution in [-0.4, -0.2) is 7.11 Å². The summed E-state index contributed by atoms with van der Waals surface area (Å²) < 4.78 is 18.8. The molecule has 2 nitrogen and oxygen atoms in total. The number of ether oxygens (including phenoxy) is 1. The molecule has 0 saturated carbocycles. The molecule has 0 bridgehead atoms. The summed E-state index contributed by atoms with van der Waals surface area (Å²) in [5, 5.41) is 9.44. The fourth-order valence-electron chi connectivity index (χ4n) is 2.49. The van der Waals surface area contributed by atoms with E-state index in [4.69, 9.17) is 4.74 Å². The number of nitrogens with zero attached hydrogens (tertiary/aromatic N) is 1. The van der Waals surface area contributed by atoms with Gasteiger partial charge in [-0.15, -0.1) is 0 Å². The zero-order valence-electron chi connectivity index (χ0n) is 13.9. The monoisotopic (exact) mass is 309 g/mol. The molecule has 2 aromatic carbocycles. The Kier molecular flexibility index (Phi) is 5.18. The van der Waals surface area contributed by atoms with E-state index in [0.29, 0.717) is 17.1 Å². The quantitative estimate of drug-likeness (QED) is 0.565. The number of allylic oxidation sites excluding steroid dienone is 1. The standard InChI is InChI=1S/C20H20FNO/c1-13(2)19-11-16(14(3)8-20(19)23-4)9-17(12-22)15-6-5-7-18(21)10-15/h5-11,13H,1-4H3/b17-9+. The summed E-state index contributed by atoms with van der Waals surface area (Å²) in [6.07, 6.45) is 1.80. The molecule has 0 aliphatic heterocycles. The van der Waals surface area contributed by atoms with Crippen molar-refractivity contribution in [2.24, 2.45) is 0 Å². The van der Waals surface area contributed by atoms with Gasteiger partial charge in [0, 0.05) is 0 Å². The highest BCUT2D eigenvalue weighted by atomic mass is 19.1. The molecule has 0 atom stereocenters.